The van der Waals surface area contributed by atoms with Crippen LogP contribution < -0.4 is 5.73 Å². The molecule has 2 heteroatoms. The first-order valence-corrected chi connectivity index (χ1v) is 11.9. The molecule has 0 saturated heterocycles. The highest BCUT2D eigenvalue weighted by molar-refractivity contribution is 5.91. The topological polar surface area (TPSA) is 43.1 Å². The molecule has 4 saturated carbocycles. The van der Waals surface area contributed by atoms with Crippen LogP contribution in [0.5, 0.6) is 0 Å². The molecule has 2 N–H and O–H groups in total. The van der Waals surface area contributed by atoms with Crippen molar-refractivity contribution >= 4 is 5.78 Å². The minimum absolute atomic E-state index is 0.274. The van der Waals surface area contributed by atoms with Crippen molar-refractivity contribution in [3.8, 4) is 0 Å². The Morgan fingerprint density at radius 2 is 1.74 bits per heavy atom. The number of rotatable bonds is 1. The fraction of sp³-hybridized carbons (Fsp3) is 0.880. The van der Waals surface area contributed by atoms with E-state index >= 15 is 0 Å². The smallest absolute Gasteiger partial charge is 0.155 e. The lowest BCUT2D eigenvalue weighted by molar-refractivity contribution is -0.122. The molecule has 0 aromatic heterocycles. The Labute approximate surface area is 165 Å². The van der Waals surface area contributed by atoms with E-state index in [1.165, 1.54) is 69.8 Å². The van der Waals surface area contributed by atoms with Gasteiger partial charge >= 0.3 is 0 Å². The van der Waals surface area contributed by atoms with Gasteiger partial charge in [-0.25, -0.2) is 0 Å². The van der Waals surface area contributed by atoms with Crippen molar-refractivity contribution in [3.63, 3.8) is 0 Å². The first kappa shape index (κ1) is 18.4. The van der Waals surface area contributed by atoms with E-state index in [-0.39, 0.29) is 5.41 Å². The van der Waals surface area contributed by atoms with E-state index in [2.05, 4.69) is 19.9 Å². The van der Waals surface area contributed by atoms with E-state index in [0.717, 1.165) is 42.4 Å². The maximum Gasteiger partial charge on any atom is 0.155 e. The van der Waals surface area contributed by atoms with Crippen LogP contribution in [0.15, 0.2) is 11.6 Å². The molecule has 4 fully saturated rings. The number of fused-ring (bicyclic) bond motifs is 5. The van der Waals surface area contributed by atoms with Crippen molar-refractivity contribution in [3.05, 3.63) is 11.6 Å². The second-order valence-electron chi connectivity index (χ2n) is 11.3. The van der Waals surface area contributed by atoms with Gasteiger partial charge in [-0.2, -0.15) is 0 Å². The number of hydrogen-bond donors (Lipinski definition) is 1. The molecule has 7 atom stereocenters. The molecule has 0 spiro atoms. The predicted octanol–water partition coefficient (Wildman–Crippen LogP) is 5.65. The molecular formula is C25H39NO. The van der Waals surface area contributed by atoms with Crippen molar-refractivity contribution < 1.29 is 4.79 Å². The Morgan fingerprint density at radius 3 is 2.48 bits per heavy atom. The number of hydrogen-bond acceptors (Lipinski definition) is 2. The van der Waals surface area contributed by atoms with Crippen LogP contribution in [0.2, 0.25) is 0 Å². The Balaban J connectivity index is 1.62. The summed E-state index contributed by atoms with van der Waals surface area (Å²) in [5.74, 6) is 4.47. The van der Waals surface area contributed by atoms with E-state index < -0.39 is 0 Å². The molecule has 0 amide bonds. The van der Waals surface area contributed by atoms with Crippen LogP contribution in [0.4, 0.5) is 0 Å². The summed E-state index contributed by atoms with van der Waals surface area (Å²) in [6.07, 6.45) is 17.5. The minimum atomic E-state index is 0.274. The van der Waals surface area contributed by atoms with E-state index in [1.54, 1.807) is 0 Å². The largest absolute Gasteiger partial charge is 0.327 e. The second-order valence-corrected chi connectivity index (χ2v) is 11.3. The number of carbonyl (C=O) groups is 1. The quantitative estimate of drug-likeness (QED) is 0.649. The van der Waals surface area contributed by atoms with Crippen LogP contribution in [0.3, 0.4) is 0 Å². The van der Waals surface area contributed by atoms with Gasteiger partial charge in [-0.3, -0.25) is 4.79 Å². The van der Waals surface area contributed by atoms with Gasteiger partial charge in [0, 0.05) is 12.5 Å². The van der Waals surface area contributed by atoms with E-state index in [9.17, 15) is 4.79 Å². The molecule has 0 aromatic rings. The summed E-state index contributed by atoms with van der Waals surface area (Å²) in [6.45, 7) is 5.17. The van der Waals surface area contributed by atoms with Gasteiger partial charge in [0.05, 0.1) is 0 Å². The van der Waals surface area contributed by atoms with Crippen molar-refractivity contribution in [2.24, 2.45) is 46.2 Å². The molecule has 150 valence electrons. The molecular weight excluding hydrogens is 330 g/mol. The van der Waals surface area contributed by atoms with Crippen LogP contribution >= 0.6 is 0 Å². The summed E-state index contributed by atoms with van der Waals surface area (Å²) >= 11 is 0. The Morgan fingerprint density at radius 1 is 0.963 bits per heavy atom. The van der Waals surface area contributed by atoms with Gasteiger partial charge in [-0.05, 0) is 97.9 Å². The fourth-order valence-electron chi connectivity index (χ4n) is 8.55. The molecule has 0 aromatic carbocycles. The van der Waals surface area contributed by atoms with E-state index in [1.807, 2.05) is 0 Å². The Hall–Kier alpha value is -0.630. The van der Waals surface area contributed by atoms with Crippen molar-refractivity contribution in [1.29, 1.82) is 0 Å². The zero-order valence-corrected chi connectivity index (χ0v) is 17.5. The number of nitrogens with two attached hydrogens (primary N) is 1. The van der Waals surface area contributed by atoms with Gasteiger partial charge in [-0.15, -0.1) is 0 Å². The fourth-order valence-corrected chi connectivity index (χ4v) is 8.55. The summed E-state index contributed by atoms with van der Waals surface area (Å²) in [7, 11) is 0. The highest BCUT2D eigenvalue weighted by Gasteiger charge is 2.61. The SMILES string of the molecule is CC1(C2CCC2)CC2=CC(=O)CC[C@]2(C)C2CCCC[C@H]3C(N)CCC3C21. The molecule has 5 aliphatic rings. The van der Waals surface area contributed by atoms with Crippen molar-refractivity contribution in [2.45, 2.75) is 96.9 Å². The molecule has 5 aliphatic carbocycles. The van der Waals surface area contributed by atoms with Crippen LogP contribution in [-0.2, 0) is 4.79 Å². The summed E-state index contributed by atoms with van der Waals surface area (Å²) in [5, 5.41) is 0. The zero-order chi connectivity index (χ0) is 18.8. The average Bonchev–Trinajstić information content (AvgIpc) is 2.88. The summed E-state index contributed by atoms with van der Waals surface area (Å²) in [5.41, 5.74) is 8.88. The molecule has 0 heterocycles. The lowest BCUT2D eigenvalue weighted by Gasteiger charge is -2.63. The second kappa shape index (κ2) is 6.44. The van der Waals surface area contributed by atoms with Gasteiger partial charge in [0.1, 0.15) is 0 Å². The molecule has 5 rings (SSSR count). The lowest BCUT2D eigenvalue weighted by atomic mass is 9.41. The van der Waals surface area contributed by atoms with Gasteiger partial charge in [0.25, 0.3) is 0 Å². The third-order valence-electron chi connectivity index (χ3n) is 10.3. The zero-order valence-electron chi connectivity index (χ0n) is 17.5. The predicted molar refractivity (Wildman–Crippen MR) is 110 cm³/mol. The summed E-state index contributed by atoms with van der Waals surface area (Å²) < 4.78 is 0. The standard InChI is InChI=1S/C25H39NO/c1-24-13-12-18(27)14-17(24)15-25(2,16-6-5-7-16)23-20-10-11-22(26)19(20)8-3-4-9-21(23)24/h14,16,19-23H,3-13,15,26H2,1-2H3/t19-,20?,21?,22?,23?,24+,25?/m1/s1. The normalized spacial score (nSPS) is 50.6. The minimum Gasteiger partial charge on any atom is -0.327 e. The van der Waals surface area contributed by atoms with Crippen LogP contribution in [-0.4, -0.2) is 11.8 Å². The third kappa shape index (κ3) is 2.65. The molecule has 27 heavy (non-hydrogen) atoms. The highest BCUT2D eigenvalue weighted by atomic mass is 16.1. The number of allylic oxidation sites excluding steroid dienone is 2. The first-order chi connectivity index (χ1) is 12.9. The highest BCUT2D eigenvalue weighted by Crippen LogP contribution is 2.68. The molecule has 0 radical (unpaired) electrons. The lowest BCUT2D eigenvalue weighted by Crippen LogP contribution is -2.56. The number of ketones is 1. The Bertz CT molecular complexity index is 649. The summed E-state index contributed by atoms with van der Waals surface area (Å²) in [4.78, 5) is 12.3. The number of carbonyl (C=O) groups excluding carboxylic acids is 1. The maximum absolute atomic E-state index is 12.3. The van der Waals surface area contributed by atoms with Crippen molar-refractivity contribution in [1.82, 2.24) is 0 Å². The molecule has 0 aliphatic heterocycles. The van der Waals surface area contributed by atoms with Gasteiger partial charge in [0.15, 0.2) is 5.78 Å². The average molecular weight is 370 g/mol. The Kier molecular flexibility index (Phi) is 4.39. The molecule has 2 nitrogen and oxygen atoms in total. The van der Waals surface area contributed by atoms with Crippen LogP contribution in [0, 0.1) is 40.4 Å². The van der Waals surface area contributed by atoms with Gasteiger partial charge < -0.3 is 5.73 Å². The van der Waals surface area contributed by atoms with Gasteiger partial charge in [0.2, 0.25) is 0 Å². The van der Waals surface area contributed by atoms with E-state index in [4.69, 9.17) is 5.73 Å². The van der Waals surface area contributed by atoms with Crippen LogP contribution in [0.25, 0.3) is 0 Å². The summed E-state index contributed by atoms with van der Waals surface area (Å²) in [6, 6.07) is 0.442. The first-order valence-electron chi connectivity index (χ1n) is 11.9. The monoisotopic (exact) mass is 369 g/mol. The van der Waals surface area contributed by atoms with E-state index in [0.29, 0.717) is 17.2 Å². The third-order valence-corrected chi connectivity index (χ3v) is 10.3. The molecule has 0 bridgehead atoms. The molecule has 5 unspecified atom stereocenters. The van der Waals surface area contributed by atoms with Gasteiger partial charge in [-0.1, -0.05) is 38.7 Å². The van der Waals surface area contributed by atoms with Crippen molar-refractivity contribution in [2.75, 3.05) is 0 Å². The van der Waals surface area contributed by atoms with Crippen LogP contribution in [0.1, 0.15) is 90.9 Å². The maximum atomic E-state index is 12.3.